The number of carbonyl (C=O) groups is 2. The Labute approximate surface area is 150 Å². The number of unbranched alkanes of at least 4 members (excludes halogenated alkanes) is 1. The van der Waals surface area contributed by atoms with Crippen molar-refractivity contribution >= 4 is 63.3 Å². The molecule has 0 rings (SSSR count). The third-order valence-electron chi connectivity index (χ3n) is 2.01. The zero-order valence-corrected chi connectivity index (χ0v) is 10.1. The number of allylic oxidation sites excluding steroid dienone is 3. The van der Waals surface area contributed by atoms with Gasteiger partial charge in [0.05, 0.1) is 0 Å². The average molecular weight is 280 g/mol. The second kappa shape index (κ2) is 13.6. The molecule has 0 aliphatic heterocycles. The zero-order chi connectivity index (χ0) is 13.1. The van der Waals surface area contributed by atoms with Crippen molar-refractivity contribution in [1.82, 2.24) is 0 Å². The van der Waals surface area contributed by atoms with E-state index in [9.17, 15) is 9.59 Å². The molecule has 0 heterocycles. The molecule has 0 aliphatic rings. The van der Waals surface area contributed by atoms with Crippen molar-refractivity contribution in [2.75, 3.05) is 6.54 Å². The van der Waals surface area contributed by atoms with Gasteiger partial charge in [0.25, 0.3) is 0 Å². The molecular formula is C12H21KN2O3. The topological polar surface area (TPSA) is 95.4 Å². The molecule has 5 nitrogen and oxygen atoms in total. The molecule has 18 heavy (non-hydrogen) atoms. The molecule has 1 atom stereocenters. The molecule has 0 aromatic rings. The molecule has 0 saturated heterocycles. The quantitative estimate of drug-likeness (QED) is 0.171. The average Bonchev–Trinajstić information content (AvgIpc) is 2.29. The summed E-state index contributed by atoms with van der Waals surface area (Å²) in [5, 5.41) is 0. The first-order valence-electron chi connectivity index (χ1n) is 5.62. The Balaban J connectivity index is 0. The third-order valence-corrected chi connectivity index (χ3v) is 2.01. The van der Waals surface area contributed by atoms with Crippen molar-refractivity contribution in [1.29, 1.82) is 0 Å². The summed E-state index contributed by atoms with van der Waals surface area (Å²) in [6.07, 6.45) is 8.10. The summed E-state index contributed by atoms with van der Waals surface area (Å²) < 4.78 is 4.53. The molecule has 98 valence electrons. The van der Waals surface area contributed by atoms with E-state index in [2.05, 4.69) is 4.74 Å². The number of ether oxygens (including phenoxy) is 1. The van der Waals surface area contributed by atoms with Crippen LogP contribution in [0.25, 0.3) is 0 Å². The third kappa shape index (κ3) is 11.3. The van der Waals surface area contributed by atoms with E-state index in [1.54, 1.807) is 12.2 Å². The summed E-state index contributed by atoms with van der Waals surface area (Å²) in [6, 6.07) is -0.763. The van der Waals surface area contributed by atoms with Crippen molar-refractivity contribution < 1.29 is 14.3 Å². The van der Waals surface area contributed by atoms with Crippen LogP contribution in [0, 0.1) is 0 Å². The molecule has 0 saturated carbocycles. The summed E-state index contributed by atoms with van der Waals surface area (Å²) in [4.78, 5) is 22.5. The summed E-state index contributed by atoms with van der Waals surface area (Å²) in [6.45, 7) is 2.38. The number of nitrogens with two attached hydrogens (primary N) is 2. The Morgan fingerprint density at radius 2 is 1.94 bits per heavy atom. The molecule has 0 bridgehead atoms. The Morgan fingerprint density at radius 3 is 2.50 bits per heavy atom. The van der Waals surface area contributed by atoms with Crippen molar-refractivity contribution in [3.8, 4) is 0 Å². The second-order valence-electron chi connectivity index (χ2n) is 3.52. The van der Waals surface area contributed by atoms with Crippen LogP contribution in [0.4, 0.5) is 0 Å². The van der Waals surface area contributed by atoms with Gasteiger partial charge in [-0.1, -0.05) is 24.6 Å². The van der Waals surface area contributed by atoms with Crippen LogP contribution in [-0.4, -0.2) is 75.9 Å². The molecule has 6 heteroatoms. The SMILES string of the molecule is C/C=C/C=C/C(=O)OC(=O)[C@@H](N)CCCCN.[KH]. The van der Waals surface area contributed by atoms with E-state index in [4.69, 9.17) is 11.5 Å². The molecule has 0 radical (unpaired) electrons. The molecule has 0 aromatic heterocycles. The standard InChI is InChI=1S/C12H20N2O3.K.H/c1-2-3-4-8-11(15)17-12(16)10(14)7-5-6-9-13;;/h2-4,8,10H,5-7,9,13-14H2,1H3;;/b3-2+,8-4+;;/t10-;;/m0../s1. The maximum atomic E-state index is 11.3. The Morgan fingerprint density at radius 1 is 1.28 bits per heavy atom. The van der Waals surface area contributed by atoms with Gasteiger partial charge in [-0.25, -0.2) is 9.59 Å². The molecular weight excluding hydrogens is 259 g/mol. The first kappa shape index (κ1) is 20.5. The van der Waals surface area contributed by atoms with Crippen LogP contribution in [0.2, 0.25) is 0 Å². The number of rotatable bonds is 7. The summed E-state index contributed by atoms with van der Waals surface area (Å²) in [7, 11) is 0. The monoisotopic (exact) mass is 280 g/mol. The first-order valence-corrected chi connectivity index (χ1v) is 5.62. The number of carbonyl (C=O) groups excluding carboxylic acids is 2. The van der Waals surface area contributed by atoms with Gasteiger partial charge in [0.2, 0.25) is 0 Å². The molecule has 0 spiro atoms. The predicted molar refractivity (Wildman–Crippen MR) is 73.1 cm³/mol. The van der Waals surface area contributed by atoms with Crippen LogP contribution in [0.15, 0.2) is 24.3 Å². The van der Waals surface area contributed by atoms with Crippen LogP contribution in [0.1, 0.15) is 26.2 Å². The van der Waals surface area contributed by atoms with Gasteiger partial charge in [0.15, 0.2) is 0 Å². The molecule has 0 amide bonds. The van der Waals surface area contributed by atoms with E-state index in [1.165, 1.54) is 12.2 Å². The van der Waals surface area contributed by atoms with Gasteiger partial charge in [0.1, 0.15) is 6.04 Å². The van der Waals surface area contributed by atoms with Crippen molar-refractivity contribution in [2.24, 2.45) is 11.5 Å². The Kier molecular flexibility index (Phi) is 15.5. The van der Waals surface area contributed by atoms with Gasteiger partial charge in [0, 0.05) is 6.08 Å². The fraction of sp³-hybridized carbons (Fsp3) is 0.500. The van der Waals surface area contributed by atoms with Crippen molar-refractivity contribution in [2.45, 2.75) is 32.2 Å². The van der Waals surface area contributed by atoms with Crippen molar-refractivity contribution in [3.05, 3.63) is 24.3 Å². The normalized spacial score (nSPS) is 12.4. The first-order chi connectivity index (χ1) is 8.11. The van der Waals surface area contributed by atoms with Gasteiger partial charge in [-0.15, -0.1) is 0 Å². The van der Waals surface area contributed by atoms with Crippen LogP contribution < -0.4 is 11.5 Å². The van der Waals surface area contributed by atoms with Gasteiger partial charge in [-0.3, -0.25) is 0 Å². The number of hydrogen-bond donors (Lipinski definition) is 2. The maximum absolute atomic E-state index is 11.3. The molecule has 0 unspecified atom stereocenters. The van der Waals surface area contributed by atoms with Gasteiger partial charge in [-0.05, 0) is 26.3 Å². The number of esters is 2. The molecule has 0 fully saturated rings. The van der Waals surface area contributed by atoms with Crippen LogP contribution in [0.3, 0.4) is 0 Å². The summed E-state index contributed by atoms with van der Waals surface area (Å²) in [5.41, 5.74) is 10.9. The minimum atomic E-state index is -0.763. The Bertz CT molecular complexity index is 304. The van der Waals surface area contributed by atoms with Gasteiger partial charge in [-0.2, -0.15) is 0 Å². The van der Waals surface area contributed by atoms with E-state index in [0.717, 1.165) is 12.8 Å². The van der Waals surface area contributed by atoms with Crippen LogP contribution in [0.5, 0.6) is 0 Å². The molecule has 0 aromatic carbocycles. The van der Waals surface area contributed by atoms with E-state index in [0.29, 0.717) is 13.0 Å². The summed E-state index contributed by atoms with van der Waals surface area (Å²) >= 11 is 0. The minimum absolute atomic E-state index is 0. The van der Waals surface area contributed by atoms with Gasteiger partial charge < -0.3 is 16.2 Å². The second-order valence-corrected chi connectivity index (χ2v) is 3.52. The van der Waals surface area contributed by atoms with E-state index >= 15 is 0 Å². The molecule has 0 aliphatic carbocycles. The van der Waals surface area contributed by atoms with E-state index < -0.39 is 18.0 Å². The fourth-order valence-corrected chi connectivity index (χ4v) is 1.08. The summed E-state index contributed by atoms with van der Waals surface area (Å²) in [5.74, 6) is -1.40. The van der Waals surface area contributed by atoms with Crippen LogP contribution >= 0.6 is 0 Å². The predicted octanol–water partition coefficient (Wildman–Crippen LogP) is -0.00370. The van der Waals surface area contributed by atoms with E-state index in [1.807, 2.05) is 6.92 Å². The van der Waals surface area contributed by atoms with Crippen molar-refractivity contribution in [3.63, 3.8) is 0 Å². The van der Waals surface area contributed by atoms with Gasteiger partial charge >= 0.3 is 63.3 Å². The zero-order valence-electron chi connectivity index (χ0n) is 10.1. The molecule has 4 N–H and O–H groups in total. The fourth-order valence-electron chi connectivity index (χ4n) is 1.08. The number of hydrogen-bond acceptors (Lipinski definition) is 5. The van der Waals surface area contributed by atoms with Crippen LogP contribution in [-0.2, 0) is 14.3 Å². The van der Waals surface area contributed by atoms with E-state index in [-0.39, 0.29) is 51.4 Å². The Hall–Kier alpha value is 0.176.